The van der Waals surface area contributed by atoms with E-state index in [2.05, 4.69) is 17.1 Å². The van der Waals surface area contributed by atoms with Crippen molar-refractivity contribution >= 4 is 0 Å². The second-order valence-electron chi connectivity index (χ2n) is 5.19. The summed E-state index contributed by atoms with van der Waals surface area (Å²) in [7, 11) is 0. The van der Waals surface area contributed by atoms with Crippen LogP contribution in [0.25, 0.3) is 0 Å². The Kier molecular flexibility index (Phi) is 4.06. The number of aliphatic hydroxyl groups excluding tert-OH is 1. The van der Waals surface area contributed by atoms with Gasteiger partial charge in [-0.3, -0.25) is 4.98 Å². The maximum absolute atomic E-state index is 9.31. The Balaban J connectivity index is 1.61. The third-order valence-corrected chi connectivity index (χ3v) is 3.62. The summed E-state index contributed by atoms with van der Waals surface area (Å²) in [5.74, 6) is 1.66. The van der Waals surface area contributed by atoms with Crippen LogP contribution in [-0.2, 0) is 19.4 Å². The molecule has 0 aliphatic carbocycles. The molecule has 0 saturated heterocycles. The Morgan fingerprint density at radius 2 is 2.19 bits per heavy atom. The lowest BCUT2D eigenvalue weighted by Gasteiger charge is -2.10. The largest absolute Gasteiger partial charge is 0.493 e. The first-order chi connectivity index (χ1) is 10.3. The predicted octanol–water partition coefficient (Wildman–Crippen LogP) is 2.44. The Morgan fingerprint density at radius 1 is 1.29 bits per heavy atom. The molecule has 2 heterocycles. The first kappa shape index (κ1) is 13.9. The molecule has 2 aromatic rings. The number of aromatic nitrogens is 1. The number of aliphatic hydroxyl groups is 1. The van der Waals surface area contributed by atoms with E-state index in [9.17, 15) is 5.11 Å². The minimum Gasteiger partial charge on any atom is -0.493 e. The van der Waals surface area contributed by atoms with Crippen LogP contribution in [0.2, 0.25) is 0 Å². The van der Waals surface area contributed by atoms with Crippen molar-refractivity contribution < 1.29 is 14.6 Å². The number of benzene rings is 1. The smallest absolute Gasteiger partial charge is 0.143 e. The lowest BCUT2D eigenvalue weighted by molar-refractivity contribution is 0.258. The fraction of sp³-hybridized carbons (Fsp3) is 0.353. The molecule has 1 N–H and O–H groups in total. The molecule has 1 aliphatic heterocycles. The molecule has 0 saturated carbocycles. The minimum atomic E-state index is -0.104. The van der Waals surface area contributed by atoms with E-state index in [1.165, 1.54) is 11.1 Å². The number of aryl methyl sites for hydroxylation is 1. The highest BCUT2D eigenvalue weighted by molar-refractivity contribution is 5.40. The van der Waals surface area contributed by atoms with E-state index in [1.807, 2.05) is 25.1 Å². The van der Waals surface area contributed by atoms with Gasteiger partial charge in [-0.1, -0.05) is 12.1 Å². The quantitative estimate of drug-likeness (QED) is 0.916. The van der Waals surface area contributed by atoms with Gasteiger partial charge in [-0.15, -0.1) is 0 Å². The van der Waals surface area contributed by atoms with Crippen molar-refractivity contribution in [2.75, 3.05) is 13.2 Å². The van der Waals surface area contributed by atoms with Gasteiger partial charge in [0.25, 0.3) is 0 Å². The molecule has 0 unspecified atom stereocenters. The van der Waals surface area contributed by atoms with Gasteiger partial charge in [0, 0.05) is 18.5 Å². The van der Waals surface area contributed by atoms with Crippen LogP contribution < -0.4 is 9.47 Å². The summed E-state index contributed by atoms with van der Waals surface area (Å²) in [5, 5.41) is 9.31. The molecule has 4 nitrogen and oxygen atoms in total. The van der Waals surface area contributed by atoms with Crippen LogP contribution in [0.4, 0.5) is 0 Å². The van der Waals surface area contributed by atoms with Crippen LogP contribution in [0.5, 0.6) is 11.5 Å². The van der Waals surface area contributed by atoms with Gasteiger partial charge in [-0.2, -0.15) is 0 Å². The highest BCUT2D eigenvalue weighted by atomic mass is 16.5. The van der Waals surface area contributed by atoms with Crippen LogP contribution >= 0.6 is 0 Å². The van der Waals surface area contributed by atoms with Crippen LogP contribution in [0.15, 0.2) is 30.3 Å². The van der Waals surface area contributed by atoms with Gasteiger partial charge < -0.3 is 14.6 Å². The second kappa shape index (κ2) is 6.14. The third-order valence-electron chi connectivity index (χ3n) is 3.62. The molecular formula is C17H19NO3. The Hall–Kier alpha value is -2.07. The predicted molar refractivity (Wildman–Crippen MR) is 79.7 cm³/mol. The summed E-state index contributed by atoms with van der Waals surface area (Å²) < 4.78 is 11.3. The highest BCUT2D eigenvalue weighted by Crippen LogP contribution is 2.26. The number of ether oxygens (including phenoxy) is 2. The van der Waals surface area contributed by atoms with Crippen molar-refractivity contribution in [3.8, 4) is 11.5 Å². The van der Waals surface area contributed by atoms with Crippen molar-refractivity contribution in [2.45, 2.75) is 26.4 Å². The summed E-state index contributed by atoms with van der Waals surface area (Å²) in [6.45, 7) is 3.14. The van der Waals surface area contributed by atoms with Crippen LogP contribution in [0, 0.1) is 6.92 Å². The van der Waals surface area contributed by atoms with Crippen molar-refractivity contribution in [2.24, 2.45) is 0 Å². The van der Waals surface area contributed by atoms with E-state index in [-0.39, 0.29) is 6.61 Å². The van der Waals surface area contributed by atoms with Gasteiger partial charge in [-0.05, 0) is 36.2 Å². The second-order valence-corrected chi connectivity index (χ2v) is 5.19. The van der Waals surface area contributed by atoms with Gasteiger partial charge in [-0.25, -0.2) is 0 Å². The Labute approximate surface area is 124 Å². The van der Waals surface area contributed by atoms with E-state index in [0.717, 1.165) is 30.9 Å². The molecule has 0 spiro atoms. The van der Waals surface area contributed by atoms with Crippen molar-refractivity contribution in [1.82, 2.24) is 4.98 Å². The zero-order chi connectivity index (χ0) is 14.7. The molecule has 0 radical (unpaired) electrons. The minimum absolute atomic E-state index is 0.104. The number of rotatable bonds is 5. The number of nitrogens with zero attached hydrogens (tertiary/aromatic N) is 1. The summed E-state index contributed by atoms with van der Waals surface area (Å²) in [6.07, 6.45) is 1.81. The van der Waals surface area contributed by atoms with Gasteiger partial charge in [0.05, 0.1) is 19.8 Å². The maximum Gasteiger partial charge on any atom is 0.143 e. The Bertz CT molecular complexity index is 640. The summed E-state index contributed by atoms with van der Waals surface area (Å²) in [6, 6.07) is 10.1. The Morgan fingerprint density at radius 3 is 3.05 bits per heavy atom. The van der Waals surface area contributed by atoms with Gasteiger partial charge in [0.15, 0.2) is 0 Å². The molecule has 1 aliphatic rings. The summed E-state index contributed by atoms with van der Waals surface area (Å²) in [4.78, 5) is 4.27. The molecule has 1 aromatic heterocycles. The number of hydrogen-bond acceptors (Lipinski definition) is 4. The van der Waals surface area contributed by atoms with E-state index in [4.69, 9.17) is 9.47 Å². The van der Waals surface area contributed by atoms with Gasteiger partial charge in [0.1, 0.15) is 17.2 Å². The molecule has 4 heteroatoms. The molecule has 110 valence electrons. The van der Waals surface area contributed by atoms with Crippen molar-refractivity contribution in [3.63, 3.8) is 0 Å². The SMILES string of the molecule is Cc1ccc(OCCc2ccc3c(c2)CCO3)c(CO)n1. The monoisotopic (exact) mass is 285 g/mol. The fourth-order valence-electron chi connectivity index (χ4n) is 2.52. The molecule has 0 fully saturated rings. The van der Waals surface area contributed by atoms with Crippen LogP contribution in [0.3, 0.4) is 0 Å². The number of fused-ring (bicyclic) bond motifs is 1. The first-order valence-electron chi connectivity index (χ1n) is 7.21. The van der Waals surface area contributed by atoms with Gasteiger partial charge in [0.2, 0.25) is 0 Å². The van der Waals surface area contributed by atoms with Crippen molar-refractivity contribution in [1.29, 1.82) is 0 Å². The van der Waals surface area contributed by atoms with Crippen LogP contribution in [-0.4, -0.2) is 23.3 Å². The van der Waals surface area contributed by atoms with Crippen molar-refractivity contribution in [3.05, 3.63) is 52.8 Å². The zero-order valence-corrected chi connectivity index (χ0v) is 12.1. The van der Waals surface area contributed by atoms with E-state index in [1.54, 1.807) is 0 Å². The molecule has 0 bridgehead atoms. The zero-order valence-electron chi connectivity index (χ0n) is 12.1. The fourth-order valence-corrected chi connectivity index (χ4v) is 2.52. The lowest BCUT2D eigenvalue weighted by Crippen LogP contribution is -2.05. The molecule has 3 rings (SSSR count). The number of pyridine rings is 1. The molecule has 0 amide bonds. The number of hydrogen-bond donors (Lipinski definition) is 1. The maximum atomic E-state index is 9.31. The van der Waals surface area contributed by atoms with Gasteiger partial charge >= 0.3 is 0 Å². The lowest BCUT2D eigenvalue weighted by atomic mass is 10.1. The normalized spacial score (nSPS) is 12.9. The van der Waals surface area contributed by atoms with E-state index in [0.29, 0.717) is 18.1 Å². The van der Waals surface area contributed by atoms with E-state index < -0.39 is 0 Å². The third kappa shape index (κ3) is 3.16. The molecular weight excluding hydrogens is 266 g/mol. The molecule has 0 atom stereocenters. The summed E-state index contributed by atoms with van der Waals surface area (Å²) >= 11 is 0. The molecule has 21 heavy (non-hydrogen) atoms. The average molecular weight is 285 g/mol. The standard InChI is InChI=1S/C17H19NO3/c1-12-2-4-17(15(11-19)18-12)21-8-6-13-3-5-16-14(10-13)7-9-20-16/h2-5,10,19H,6-9,11H2,1H3. The highest BCUT2D eigenvalue weighted by Gasteiger charge is 2.12. The average Bonchev–Trinajstić information content (AvgIpc) is 2.96. The first-order valence-corrected chi connectivity index (χ1v) is 7.21. The molecule has 1 aromatic carbocycles. The summed E-state index contributed by atoms with van der Waals surface area (Å²) in [5.41, 5.74) is 3.99. The topological polar surface area (TPSA) is 51.6 Å². The van der Waals surface area contributed by atoms with E-state index >= 15 is 0 Å². The van der Waals surface area contributed by atoms with Crippen LogP contribution in [0.1, 0.15) is 22.5 Å².